The Morgan fingerprint density at radius 3 is 2.64 bits per heavy atom. The van der Waals surface area contributed by atoms with E-state index in [0.29, 0.717) is 0 Å². The summed E-state index contributed by atoms with van der Waals surface area (Å²) in [6, 6.07) is 3.87. The fourth-order valence-electron chi connectivity index (χ4n) is 1.39. The lowest BCUT2D eigenvalue weighted by molar-refractivity contribution is -0.702. The van der Waals surface area contributed by atoms with E-state index in [2.05, 4.69) is 11.5 Å². The van der Waals surface area contributed by atoms with Gasteiger partial charge in [0.1, 0.15) is 0 Å². The number of ether oxygens (including phenoxy) is 2. The molecule has 0 spiro atoms. The van der Waals surface area contributed by atoms with Gasteiger partial charge in [-0.05, 0) is 6.07 Å². The Kier molecular flexibility index (Phi) is 4.23. The molecule has 0 fully saturated rings. The van der Waals surface area contributed by atoms with Crippen molar-refractivity contribution in [3.05, 3.63) is 18.3 Å². The second kappa shape index (κ2) is 5.47. The van der Waals surface area contributed by atoms with Crippen LogP contribution in [0.1, 0.15) is 19.8 Å². The van der Waals surface area contributed by atoms with Crippen LogP contribution in [0.4, 0.5) is 0 Å². The molecule has 14 heavy (non-hydrogen) atoms. The molecule has 0 aliphatic heterocycles. The smallest absolute Gasteiger partial charge is 0.411 e. The summed E-state index contributed by atoms with van der Waals surface area (Å²) in [6.45, 7) is 3.14. The van der Waals surface area contributed by atoms with Crippen molar-refractivity contribution in [1.29, 1.82) is 0 Å². The van der Waals surface area contributed by atoms with E-state index in [1.807, 2.05) is 18.3 Å². The van der Waals surface area contributed by atoms with Gasteiger partial charge in [0.05, 0.1) is 14.2 Å². The molecule has 0 bridgehead atoms. The van der Waals surface area contributed by atoms with Crippen LogP contribution in [0.5, 0.6) is 11.6 Å². The van der Waals surface area contributed by atoms with E-state index in [0.717, 1.165) is 24.6 Å². The van der Waals surface area contributed by atoms with Gasteiger partial charge in [-0.3, -0.25) is 0 Å². The van der Waals surface area contributed by atoms with Gasteiger partial charge < -0.3 is 9.47 Å². The van der Waals surface area contributed by atoms with E-state index in [1.54, 1.807) is 14.2 Å². The van der Waals surface area contributed by atoms with Crippen molar-refractivity contribution >= 4 is 0 Å². The predicted octanol–water partition coefficient (Wildman–Crippen LogP) is 1.79. The first-order valence-corrected chi connectivity index (χ1v) is 4.94. The van der Waals surface area contributed by atoms with Crippen LogP contribution >= 0.6 is 0 Å². The van der Waals surface area contributed by atoms with E-state index < -0.39 is 0 Å². The summed E-state index contributed by atoms with van der Waals surface area (Å²) in [6.07, 6.45) is 4.33. The second-order valence-corrected chi connectivity index (χ2v) is 3.13. The lowest BCUT2D eigenvalue weighted by Gasteiger charge is -2.05. The molecular formula is C11H18NO2+. The SMILES string of the molecule is CCCC[n+]1cccc(OC)c1OC. The zero-order valence-corrected chi connectivity index (χ0v) is 9.12. The fourth-order valence-corrected chi connectivity index (χ4v) is 1.39. The minimum absolute atomic E-state index is 0.783. The molecule has 1 aromatic rings. The number of unbranched alkanes of at least 4 members (excludes halogenated alkanes) is 1. The number of hydrogen-bond acceptors (Lipinski definition) is 2. The Balaban J connectivity index is 2.90. The first kappa shape index (κ1) is 10.8. The summed E-state index contributed by atoms with van der Waals surface area (Å²) in [5, 5.41) is 0. The van der Waals surface area contributed by atoms with Gasteiger partial charge >= 0.3 is 5.88 Å². The van der Waals surface area contributed by atoms with Crippen LogP contribution in [-0.4, -0.2) is 14.2 Å². The minimum Gasteiger partial charge on any atom is -0.488 e. The highest BCUT2D eigenvalue weighted by molar-refractivity contribution is 5.27. The molecule has 0 saturated heterocycles. The Hall–Kier alpha value is -1.25. The molecule has 0 N–H and O–H groups in total. The van der Waals surface area contributed by atoms with Gasteiger partial charge in [0.25, 0.3) is 0 Å². The standard InChI is InChI=1S/C11H18NO2/c1-4-5-8-12-9-6-7-10(13-2)11(12)14-3/h6-7,9H,4-5,8H2,1-3H3/q+1. The zero-order valence-electron chi connectivity index (χ0n) is 9.12. The van der Waals surface area contributed by atoms with Crippen molar-refractivity contribution < 1.29 is 14.0 Å². The highest BCUT2D eigenvalue weighted by Crippen LogP contribution is 2.20. The summed E-state index contributed by atoms with van der Waals surface area (Å²) in [5.74, 6) is 1.58. The molecular weight excluding hydrogens is 178 g/mol. The van der Waals surface area contributed by atoms with Crippen LogP contribution in [0.2, 0.25) is 0 Å². The van der Waals surface area contributed by atoms with Crippen LogP contribution in [0.3, 0.4) is 0 Å². The summed E-state index contributed by atoms with van der Waals surface area (Å²) >= 11 is 0. The predicted molar refractivity (Wildman–Crippen MR) is 54.6 cm³/mol. The molecule has 3 heteroatoms. The van der Waals surface area contributed by atoms with E-state index in [-0.39, 0.29) is 0 Å². The van der Waals surface area contributed by atoms with Crippen LogP contribution in [0.25, 0.3) is 0 Å². The number of pyridine rings is 1. The van der Waals surface area contributed by atoms with Gasteiger partial charge in [-0.25, -0.2) is 0 Å². The summed E-state index contributed by atoms with van der Waals surface area (Å²) in [5.41, 5.74) is 0. The highest BCUT2D eigenvalue weighted by Gasteiger charge is 2.16. The maximum absolute atomic E-state index is 5.30. The monoisotopic (exact) mass is 196 g/mol. The van der Waals surface area contributed by atoms with Crippen molar-refractivity contribution in [2.75, 3.05) is 14.2 Å². The lowest BCUT2D eigenvalue weighted by Crippen LogP contribution is -2.35. The number of aryl methyl sites for hydroxylation is 1. The van der Waals surface area contributed by atoms with Crippen molar-refractivity contribution in [3.63, 3.8) is 0 Å². The average Bonchev–Trinajstić information content (AvgIpc) is 2.25. The second-order valence-electron chi connectivity index (χ2n) is 3.13. The molecule has 0 radical (unpaired) electrons. The number of methoxy groups -OCH3 is 2. The fraction of sp³-hybridized carbons (Fsp3) is 0.545. The van der Waals surface area contributed by atoms with Gasteiger partial charge in [0, 0.05) is 12.5 Å². The third-order valence-electron chi connectivity index (χ3n) is 2.15. The number of aromatic nitrogens is 1. The number of hydrogen-bond donors (Lipinski definition) is 0. The largest absolute Gasteiger partial charge is 0.488 e. The quantitative estimate of drug-likeness (QED) is 0.670. The molecule has 3 nitrogen and oxygen atoms in total. The third-order valence-corrected chi connectivity index (χ3v) is 2.15. The van der Waals surface area contributed by atoms with Gasteiger partial charge in [0.15, 0.2) is 12.7 Å². The Morgan fingerprint density at radius 2 is 2.07 bits per heavy atom. The lowest BCUT2D eigenvalue weighted by atomic mass is 10.3. The molecule has 1 heterocycles. The molecule has 78 valence electrons. The Bertz CT molecular complexity index is 287. The van der Waals surface area contributed by atoms with E-state index in [9.17, 15) is 0 Å². The van der Waals surface area contributed by atoms with Crippen LogP contribution in [0, 0.1) is 0 Å². The molecule has 1 rings (SSSR count). The molecule has 0 aromatic carbocycles. The van der Waals surface area contributed by atoms with Gasteiger partial charge in [-0.1, -0.05) is 13.3 Å². The minimum atomic E-state index is 0.783. The molecule has 0 saturated carbocycles. The Morgan fingerprint density at radius 1 is 1.29 bits per heavy atom. The maximum atomic E-state index is 5.30. The zero-order chi connectivity index (χ0) is 10.4. The normalized spacial score (nSPS) is 9.93. The number of rotatable bonds is 5. The third kappa shape index (κ3) is 2.37. The summed E-state index contributed by atoms with van der Waals surface area (Å²) < 4.78 is 12.6. The topological polar surface area (TPSA) is 22.3 Å². The first-order chi connectivity index (χ1) is 6.83. The van der Waals surface area contributed by atoms with Crippen molar-refractivity contribution in [2.45, 2.75) is 26.3 Å². The van der Waals surface area contributed by atoms with E-state index >= 15 is 0 Å². The highest BCUT2D eigenvalue weighted by atomic mass is 16.5. The maximum Gasteiger partial charge on any atom is 0.411 e. The summed E-state index contributed by atoms with van der Waals surface area (Å²) in [4.78, 5) is 0. The summed E-state index contributed by atoms with van der Waals surface area (Å²) in [7, 11) is 3.32. The van der Waals surface area contributed by atoms with Gasteiger partial charge in [-0.2, -0.15) is 4.57 Å². The molecule has 0 aliphatic rings. The number of nitrogens with zero attached hydrogens (tertiary/aromatic N) is 1. The molecule has 1 aromatic heterocycles. The van der Waals surface area contributed by atoms with E-state index in [4.69, 9.17) is 9.47 Å². The van der Waals surface area contributed by atoms with E-state index in [1.165, 1.54) is 6.42 Å². The van der Waals surface area contributed by atoms with Crippen LogP contribution < -0.4 is 14.0 Å². The molecule has 0 amide bonds. The van der Waals surface area contributed by atoms with Crippen molar-refractivity contribution in [2.24, 2.45) is 0 Å². The van der Waals surface area contributed by atoms with Crippen LogP contribution in [-0.2, 0) is 6.54 Å². The van der Waals surface area contributed by atoms with Crippen LogP contribution in [0.15, 0.2) is 18.3 Å². The molecule has 0 aliphatic carbocycles. The first-order valence-electron chi connectivity index (χ1n) is 4.94. The molecule has 0 atom stereocenters. The Labute approximate surface area is 85.3 Å². The van der Waals surface area contributed by atoms with Gasteiger partial charge in [-0.15, -0.1) is 0 Å². The van der Waals surface area contributed by atoms with Gasteiger partial charge in [0.2, 0.25) is 5.75 Å². The molecule has 0 unspecified atom stereocenters. The average molecular weight is 196 g/mol. The van der Waals surface area contributed by atoms with Crippen molar-refractivity contribution in [1.82, 2.24) is 0 Å². The van der Waals surface area contributed by atoms with Crippen molar-refractivity contribution in [3.8, 4) is 11.6 Å².